The molecule has 0 spiro atoms. The molecule has 0 unspecified atom stereocenters. The smallest absolute Gasteiger partial charge is 0.234 e. The molecule has 0 bridgehead atoms. The van der Waals surface area contributed by atoms with Crippen molar-refractivity contribution in [3.8, 4) is 0 Å². The Bertz CT molecular complexity index is 875. The SMILES string of the molecule is Cc1ccsc1C=Cc1ccnc(SCC(=O)Nc2ccccc2)n1. The fourth-order valence-corrected chi connectivity index (χ4v) is 3.54. The van der Waals surface area contributed by atoms with Crippen LogP contribution in [-0.4, -0.2) is 21.6 Å². The van der Waals surface area contributed by atoms with Gasteiger partial charge in [-0.25, -0.2) is 9.97 Å². The highest BCUT2D eigenvalue weighted by Gasteiger charge is 2.06. The highest BCUT2D eigenvalue weighted by atomic mass is 32.2. The van der Waals surface area contributed by atoms with E-state index in [9.17, 15) is 4.79 Å². The average Bonchev–Trinajstić information content (AvgIpc) is 3.04. The van der Waals surface area contributed by atoms with Gasteiger partial charge in [0, 0.05) is 16.8 Å². The number of thioether (sulfide) groups is 1. The second-order valence-corrected chi connectivity index (χ2v) is 7.16. The summed E-state index contributed by atoms with van der Waals surface area (Å²) in [4.78, 5) is 21.9. The summed E-state index contributed by atoms with van der Waals surface area (Å²) >= 11 is 3.02. The van der Waals surface area contributed by atoms with Crippen molar-refractivity contribution in [2.75, 3.05) is 11.1 Å². The van der Waals surface area contributed by atoms with E-state index in [1.807, 2.05) is 42.5 Å². The number of aromatic nitrogens is 2. The summed E-state index contributed by atoms with van der Waals surface area (Å²) in [5, 5.41) is 5.51. The number of amides is 1. The number of hydrogen-bond donors (Lipinski definition) is 1. The molecule has 2 heterocycles. The molecule has 0 saturated carbocycles. The summed E-state index contributed by atoms with van der Waals surface area (Å²) < 4.78 is 0. The van der Waals surface area contributed by atoms with Crippen LogP contribution in [0.3, 0.4) is 0 Å². The Hall–Kier alpha value is -2.44. The molecule has 25 heavy (non-hydrogen) atoms. The standard InChI is InChI=1S/C19H17N3OS2/c1-14-10-12-24-17(14)8-7-16-9-11-20-19(22-16)25-13-18(23)21-15-5-3-2-4-6-15/h2-12H,13H2,1H3,(H,21,23). The van der Waals surface area contributed by atoms with Crippen LogP contribution in [-0.2, 0) is 4.79 Å². The van der Waals surface area contributed by atoms with E-state index in [1.165, 1.54) is 22.2 Å². The van der Waals surface area contributed by atoms with Gasteiger partial charge in [-0.2, -0.15) is 0 Å². The second-order valence-electron chi connectivity index (χ2n) is 5.27. The van der Waals surface area contributed by atoms with E-state index >= 15 is 0 Å². The first kappa shape index (κ1) is 17.4. The van der Waals surface area contributed by atoms with E-state index in [-0.39, 0.29) is 11.7 Å². The van der Waals surface area contributed by atoms with Crippen molar-refractivity contribution in [1.29, 1.82) is 0 Å². The molecule has 0 atom stereocenters. The highest BCUT2D eigenvalue weighted by molar-refractivity contribution is 7.99. The lowest BCUT2D eigenvalue weighted by Gasteiger charge is -2.04. The van der Waals surface area contributed by atoms with Gasteiger partial charge in [0.1, 0.15) is 0 Å². The molecule has 3 aromatic rings. The molecule has 0 aliphatic carbocycles. The van der Waals surface area contributed by atoms with Crippen molar-refractivity contribution in [1.82, 2.24) is 9.97 Å². The Labute approximate surface area is 155 Å². The van der Waals surface area contributed by atoms with E-state index in [1.54, 1.807) is 17.5 Å². The van der Waals surface area contributed by atoms with Gasteiger partial charge in [-0.15, -0.1) is 11.3 Å². The lowest BCUT2D eigenvalue weighted by atomic mass is 10.2. The van der Waals surface area contributed by atoms with Gasteiger partial charge in [0.05, 0.1) is 11.4 Å². The van der Waals surface area contributed by atoms with Crippen molar-refractivity contribution in [2.24, 2.45) is 0 Å². The van der Waals surface area contributed by atoms with Crippen LogP contribution in [0.4, 0.5) is 5.69 Å². The monoisotopic (exact) mass is 367 g/mol. The van der Waals surface area contributed by atoms with E-state index in [0.29, 0.717) is 5.16 Å². The van der Waals surface area contributed by atoms with Crippen LogP contribution < -0.4 is 5.32 Å². The molecule has 0 saturated heterocycles. The van der Waals surface area contributed by atoms with Crippen molar-refractivity contribution in [3.05, 3.63) is 70.2 Å². The van der Waals surface area contributed by atoms with Gasteiger partial charge in [0.25, 0.3) is 0 Å². The molecule has 4 nitrogen and oxygen atoms in total. The molecule has 0 radical (unpaired) electrons. The molecule has 1 N–H and O–H groups in total. The molecule has 0 aliphatic heterocycles. The normalized spacial score (nSPS) is 10.9. The minimum atomic E-state index is -0.0741. The first-order valence-corrected chi connectivity index (χ1v) is 9.60. The zero-order valence-electron chi connectivity index (χ0n) is 13.7. The third-order valence-electron chi connectivity index (χ3n) is 3.35. The summed E-state index contributed by atoms with van der Waals surface area (Å²) in [5.41, 5.74) is 2.87. The minimum Gasteiger partial charge on any atom is -0.325 e. The van der Waals surface area contributed by atoms with Crippen LogP contribution in [0.25, 0.3) is 12.2 Å². The van der Waals surface area contributed by atoms with Crippen LogP contribution in [0.5, 0.6) is 0 Å². The maximum Gasteiger partial charge on any atom is 0.234 e. The van der Waals surface area contributed by atoms with Crippen molar-refractivity contribution in [3.63, 3.8) is 0 Å². The predicted molar refractivity (Wildman–Crippen MR) is 106 cm³/mol. The number of nitrogens with zero attached hydrogens (tertiary/aromatic N) is 2. The minimum absolute atomic E-state index is 0.0741. The third kappa shape index (κ3) is 5.27. The molecule has 2 aromatic heterocycles. The quantitative estimate of drug-likeness (QED) is 0.505. The number of rotatable bonds is 6. The Kier molecular flexibility index (Phi) is 5.98. The number of carbonyl (C=O) groups excluding carboxylic acids is 1. The lowest BCUT2D eigenvalue weighted by Crippen LogP contribution is -2.14. The van der Waals surface area contributed by atoms with E-state index < -0.39 is 0 Å². The molecule has 1 amide bonds. The fourth-order valence-electron chi connectivity index (χ4n) is 2.08. The summed E-state index contributed by atoms with van der Waals surface area (Å²) in [6.07, 6.45) is 5.74. The molecule has 0 fully saturated rings. The Morgan fingerprint density at radius 3 is 2.80 bits per heavy atom. The second kappa shape index (κ2) is 8.60. The molecule has 6 heteroatoms. The number of hydrogen-bond acceptors (Lipinski definition) is 5. The molecule has 3 rings (SSSR count). The summed E-state index contributed by atoms with van der Waals surface area (Å²) in [6, 6.07) is 13.3. The topological polar surface area (TPSA) is 54.9 Å². The number of benzene rings is 1. The number of thiophene rings is 1. The number of nitrogens with one attached hydrogen (secondary N) is 1. The lowest BCUT2D eigenvalue weighted by molar-refractivity contribution is -0.113. The largest absolute Gasteiger partial charge is 0.325 e. The van der Waals surface area contributed by atoms with Crippen LogP contribution in [0.2, 0.25) is 0 Å². The van der Waals surface area contributed by atoms with Gasteiger partial charge in [-0.05, 0) is 54.3 Å². The summed E-state index contributed by atoms with van der Waals surface area (Å²) in [5.74, 6) is 0.196. The summed E-state index contributed by atoms with van der Waals surface area (Å²) in [6.45, 7) is 2.09. The Morgan fingerprint density at radius 1 is 1.20 bits per heavy atom. The van der Waals surface area contributed by atoms with Gasteiger partial charge in [0.2, 0.25) is 5.91 Å². The highest BCUT2D eigenvalue weighted by Crippen LogP contribution is 2.19. The van der Waals surface area contributed by atoms with Gasteiger partial charge in [-0.3, -0.25) is 4.79 Å². The maximum atomic E-state index is 12.0. The molecule has 0 aliphatic rings. The van der Waals surface area contributed by atoms with Gasteiger partial charge in [-0.1, -0.05) is 30.0 Å². The number of para-hydroxylation sites is 1. The number of anilines is 1. The van der Waals surface area contributed by atoms with E-state index in [2.05, 4.69) is 39.7 Å². The first-order valence-electron chi connectivity index (χ1n) is 7.73. The van der Waals surface area contributed by atoms with E-state index in [4.69, 9.17) is 0 Å². The Balaban J connectivity index is 1.57. The Morgan fingerprint density at radius 2 is 2.04 bits per heavy atom. The van der Waals surface area contributed by atoms with Gasteiger partial charge in [0.15, 0.2) is 5.16 Å². The third-order valence-corrected chi connectivity index (χ3v) is 5.20. The predicted octanol–water partition coefficient (Wildman–Crippen LogP) is 4.75. The molecular weight excluding hydrogens is 350 g/mol. The van der Waals surface area contributed by atoms with Crippen LogP contribution >= 0.6 is 23.1 Å². The molecule has 1 aromatic carbocycles. The summed E-state index contributed by atoms with van der Waals surface area (Å²) in [7, 11) is 0. The number of carbonyl (C=O) groups is 1. The van der Waals surface area contributed by atoms with Gasteiger partial charge < -0.3 is 5.32 Å². The van der Waals surface area contributed by atoms with Crippen LogP contribution in [0.1, 0.15) is 16.1 Å². The average molecular weight is 367 g/mol. The zero-order valence-corrected chi connectivity index (χ0v) is 15.3. The van der Waals surface area contributed by atoms with Crippen LogP contribution in [0.15, 0.2) is 59.2 Å². The maximum absolute atomic E-state index is 12.0. The van der Waals surface area contributed by atoms with Gasteiger partial charge >= 0.3 is 0 Å². The zero-order chi connectivity index (χ0) is 17.5. The van der Waals surface area contributed by atoms with Crippen molar-refractivity contribution < 1.29 is 4.79 Å². The van der Waals surface area contributed by atoms with Crippen molar-refractivity contribution in [2.45, 2.75) is 12.1 Å². The molecule has 126 valence electrons. The van der Waals surface area contributed by atoms with Crippen LogP contribution in [0, 0.1) is 6.92 Å². The first-order chi connectivity index (χ1) is 12.2. The molecular formula is C19H17N3OS2. The fraction of sp³-hybridized carbons (Fsp3) is 0.105. The van der Waals surface area contributed by atoms with E-state index in [0.717, 1.165) is 11.4 Å². The number of aryl methyl sites for hydroxylation is 1. The van der Waals surface area contributed by atoms with Crippen molar-refractivity contribution >= 4 is 46.8 Å².